The number of nitrogens with zero attached hydrogens (tertiary/aromatic N) is 1. The van der Waals surface area contributed by atoms with Crippen LogP contribution in [0.15, 0.2) is 0 Å². The number of hydrogen-bond acceptors (Lipinski definition) is 3. The molecule has 0 saturated carbocycles. The van der Waals surface area contributed by atoms with E-state index in [1.807, 2.05) is 5.32 Å². The van der Waals surface area contributed by atoms with E-state index in [1.165, 1.54) is 0 Å². The van der Waals surface area contributed by atoms with Gasteiger partial charge in [-0.25, -0.2) is 4.79 Å². The minimum absolute atomic E-state index is 0.0279. The predicted octanol–water partition coefficient (Wildman–Crippen LogP) is 0.134. The van der Waals surface area contributed by atoms with Crippen molar-refractivity contribution in [2.24, 2.45) is 0 Å². The van der Waals surface area contributed by atoms with Gasteiger partial charge in [0.1, 0.15) is 6.42 Å². The van der Waals surface area contributed by atoms with Crippen molar-refractivity contribution in [3.05, 3.63) is 0 Å². The van der Waals surface area contributed by atoms with Gasteiger partial charge >= 0.3 is 6.03 Å². The molecule has 5 nitrogen and oxygen atoms in total. The van der Waals surface area contributed by atoms with E-state index in [2.05, 4.69) is 5.32 Å². The fourth-order valence-electron chi connectivity index (χ4n) is 0.541. The molecule has 3 amide bonds. The van der Waals surface area contributed by atoms with E-state index in [0.717, 1.165) is 0 Å². The summed E-state index contributed by atoms with van der Waals surface area (Å²) < 4.78 is 0. The topological polar surface area (TPSA) is 82.0 Å². The van der Waals surface area contributed by atoms with Crippen LogP contribution in [0.2, 0.25) is 0 Å². The summed E-state index contributed by atoms with van der Waals surface area (Å²) in [6, 6.07) is 1.04. The van der Waals surface area contributed by atoms with E-state index in [0.29, 0.717) is 0 Å². The average Bonchev–Trinajstić information content (AvgIpc) is 1.84. The highest BCUT2D eigenvalue weighted by Gasteiger charge is 2.06. The lowest BCUT2D eigenvalue weighted by Gasteiger charge is -2.07. The maximum absolute atomic E-state index is 10.8. The minimum atomic E-state index is -0.587. The molecule has 0 atom stereocenters. The summed E-state index contributed by atoms with van der Waals surface area (Å²) in [5, 5.41) is 12.5. The Hall–Kier alpha value is -1.57. The molecule has 0 spiro atoms. The van der Waals surface area contributed by atoms with E-state index in [4.69, 9.17) is 5.26 Å². The highest BCUT2D eigenvalue weighted by molar-refractivity contribution is 5.95. The third kappa shape index (κ3) is 5.23. The third-order valence-electron chi connectivity index (χ3n) is 0.912. The van der Waals surface area contributed by atoms with E-state index in [-0.39, 0.29) is 12.5 Å². The van der Waals surface area contributed by atoms with Crippen molar-refractivity contribution < 1.29 is 9.59 Å². The molecule has 0 aromatic heterocycles. The molecule has 12 heavy (non-hydrogen) atoms. The fourth-order valence-corrected chi connectivity index (χ4v) is 0.541. The molecular weight excluding hydrogens is 158 g/mol. The quantitative estimate of drug-likeness (QED) is 0.616. The summed E-state index contributed by atoms with van der Waals surface area (Å²) in [5.41, 5.74) is 0. The van der Waals surface area contributed by atoms with Gasteiger partial charge in [0.25, 0.3) is 0 Å². The first kappa shape index (κ1) is 10.4. The lowest BCUT2D eigenvalue weighted by atomic mass is 10.4. The summed E-state index contributed by atoms with van der Waals surface area (Å²) in [7, 11) is 0. The fraction of sp³-hybridized carbons (Fsp3) is 0.571. The van der Waals surface area contributed by atoms with E-state index in [9.17, 15) is 9.59 Å². The van der Waals surface area contributed by atoms with Crippen LogP contribution in [0.5, 0.6) is 0 Å². The predicted molar refractivity (Wildman–Crippen MR) is 42.0 cm³/mol. The van der Waals surface area contributed by atoms with Gasteiger partial charge in [-0.15, -0.1) is 0 Å². The summed E-state index contributed by atoms with van der Waals surface area (Å²) in [5.74, 6) is -0.587. The van der Waals surface area contributed by atoms with Crippen LogP contribution >= 0.6 is 0 Å². The second-order valence-corrected chi connectivity index (χ2v) is 2.51. The number of rotatable bonds is 2. The Morgan fingerprint density at radius 3 is 2.50 bits per heavy atom. The van der Waals surface area contributed by atoms with Gasteiger partial charge < -0.3 is 5.32 Å². The number of imide groups is 1. The van der Waals surface area contributed by atoms with Gasteiger partial charge in [-0.2, -0.15) is 5.26 Å². The molecule has 0 aromatic carbocycles. The van der Waals surface area contributed by atoms with E-state index < -0.39 is 11.9 Å². The third-order valence-corrected chi connectivity index (χ3v) is 0.912. The molecule has 0 aromatic rings. The van der Waals surface area contributed by atoms with Crippen LogP contribution in [-0.4, -0.2) is 18.0 Å². The Morgan fingerprint density at radius 1 is 1.50 bits per heavy atom. The van der Waals surface area contributed by atoms with Gasteiger partial charge in [-0.1, -0.05) is 0 Å². The summed E-state index contributed by atoms with van der Waals surface area (Å²) in [4.78, 5) is 21.4. The van der Waals surface area contributed by atoms with Crippen molar-refractivity contribution in [3.63, 3.8) is 0 Å². The van der Waals surface area contributed by atoms with Crippen LogP contribution in [0.25, 0.3) is 0 Å². The van der Waals surface area contributed by atoms with Crippen molar-refractivity contribution in [1.82, 2.24) is 10.6 Å². The Kier molecular flexibility index (Phi) is 4.46. The maximum Gasteiger partial charge on any atom is 0.321 e. The molecule has 0 rings (SSSR count). The molecule has 0 aliphatic carbocycles. The zero-order valence-corrected chi connectivity index (χ0v) is 7.05. The maximum atomic E-state index is 10.8. The zero-order valence-electron chi connectivity index (χ0n) is 7.05. The summed E-state index contributed by atoms with van der Waals surface area (Å²) in [6.45, 7) is 3.54. The summed E-state index contributed by atoms with van der Waals surface area (Å²) in [6.07, 6.45) is -0.300. The Bertz CT molecular complexity index is 217. The number of urea groups is 1. The first-order valence-corrected chi connectivity index (χ1v) is 3.53. The highest BCUT2D eigenvalue weighted by atomic mass is 16.2. The van der Waals surface area contributed by atoms with Crippen LogP contribution in [0.4, 0.5) is 4.79 Å². The van der Waals surface area contributed by atoms with Gasteiger partial charge in [0.15, 0.2) is 0 Å². The second kappa shape index (κ2) is 5.13. The number of hydrogen-bond donors (Lipinski definition) is 2. The molecule has 0 aliphatic heterocycles. The zero-order chi connectivity index (χ0) is 9.56. The Morgan fingerprint density at radius 2 is 2.08 bits per heavy atom. The highest BCUT2D eigenvalue weighted by Crippen LogP contribution is 1.78. The van der Waals surface area contributed by atoms with Crippen LogP contribution in [0.1, 0.15) is 20.3 Å². The lowest BCUT2D eigenvalue weighted by molar-refractivity contribution is -0.119. The van der Waals surface area contributed by atoms with Crippen LogP contribution in [0.3, 0.4) is 0 Å². The Balaban J connectivity index is 3.71. The van der Waals surface area contributed by atoms with Crippen molar-refractivity contribution in [1.29, 1.82) is 5.26 Å². The number of carbonyl (C=O) groups is 2. The molecule has 0 heterocycles. The van der Waals surface area contributed by atoms with Crippen LogP contribution in [0, 0.1) is 11.3 Å². The molecule has 0 fully saturated rings. The van der Waals surface area contributed by atoms with Gasteiger partial charge in [0, 0.05) is 6.04 Å². The molecule has 2 N–H and O–H groups in total. The molecule has 66 valence electrons. The molecule has 0 unspecified atom stereocenters. The number of carbonyl (C=O) groups excluding carboxylic acids is 2. The molecule has 0 aliphatic rings. The van der Waals surface area contributed by atoms with Gasteiger partial charge in [0.05, 0.1) is 6.07 Å². The molecule has 0 bridgehead atoms. The SMILES string of the molecule is CC(C)NC(=O)NC(=O)CC#N. The smallest absolute Gasteiger partial charge is 0.321 e. The van der Waals surface area contributed by atoms with Gasteiger partial charge in [-0.3, -0.25) is 10.1 Å². The lowest BCUT2D eigenvalue weighted by Crippen LogP contribution is -2.42. The molecule has 5 heteroatoms. The molecule has 0 saturated heterocycles. The van der Waals surface area contributed by atoms with Crippen molar-refractivity contribution in [2.45, 2.75) is 26.3 Å². The van der Waals surface area contributed by atoms with Gasteiger partial charge in [0.2, 0.25) is 5.91 Å². The molecular formula is C7H11N3O2. The second-order valence-electron chi connectivity index (χ2n) is 2.51. The van der Waals surface area contributed by atoms with Gasteiger partial charge in [-0.05, 0) is 13.8 Å². The standard InChI is InChI=1S/C7H11N3O2/c1-5(2)9-7(12)10-6(11)3-4-8/h5H,3H2,1-2H3,(H2,9,10,11,12). The van der Waals surface area contributed by atoms with E-state index >= 15 is 0 Å². The first-order chi connectivity index (χ1) is 5.56. The molecule has 0 radical (unpaired) electrons. The van der Waals surface area contributed by atoms with Crippen LogP contribution < -0.4 is 10.6 Å². The number of nitrogens with one attached hydrogen (secondary N) is 2. The monoisotopic (exact) mass is 169 g/mol. The Labute approximate surface area is 70.7 Å². The van der Waals surface area contributed by atoms with Crippen molar-refractivity contribution in [2.75, 3.05) is 0 Å². The average molecular weight is 169 g/mol. The first-order valence-electron chi connectivity index (χ1n) is 3.53. The van der Waals surface area contributed by atoms with E-state index in [1.54, 1.807) is 19.9 Å². The largest absolute Gasteiger partial charge is 0.336 e. The normalized spacial score (nSPS) is 8.83. The van der Waals surface area contributed by atoms with Crippen molar-refractivity contribution >= 4 is 11.9 Å². The number of amides is 3. The van der Waals surface area contributed by atoms with Crippen molar-refractivity contribution in [3.8, 4) is 6.07 Å². The van der Waals surface area contributed by atoms with Crippen LogP contribution in [-0.2, 0) is 4.79 Å². The summed E-state index contributed by atoms with van der Waals surface area (Å²) >= 11 is 0. The minimum Gasteiger partial charge on any atom is -0.336 e. The number of nitriles is 1.